The molecule has 5 rings (SSSR count). The number of thiocarbonyl (C=S) groups is 1. The minimum Gasteiger partial charge on any atom is -0.497 e. The van der Waals surface area contributed by atoms with E-state index in [4.69, 9.17) is 17.0 Å². The second-order valence-corrected chi connectivity index (χ2v) is 9.26. The Hall–Kier alpha value is -3.85. The van der Waals surface area contributed by atoms with E-state index in [1.165, 1.54) is 12.1 Å². The third-order valence-corrected chi connectivity index (χ3v) is 7.00. The molecule has 1 aliphatic rings. The van der Waals surface area contributed by atoms with Crippen molar-refractivity contribution in [1.29, 1.82) is 0 Å². The highest BCUT2D eigenvalue weighted by Crippen LogP contribution is 2.44. The van der Waals surface area contributed by atoms with Crippen molar-refractivity contribution in [3.8, 4) is 11.4 Å². The predicted molar refractivity (Wildman–Crippen MR) is 141 cm³/mol. The summed E-state index contributed by atoms with van der Waals surface area (Å²) >= 11 is 5.78. The van der Waals surface area contributed by atoms with Crippen molar-refractivity contribution in [2.75, 3.05) is 12.0 Å². The highest BCUT2D eigenvalue weighted by atomic mass is 32.1. The molecule has 2 atom stereocenters. The van der Waals surface area contributed by atoms with Crippen LogP contribution >= 0.6 is 12.2 Å². The van der Waals surface area contributed by atoms with Gasteiger partial charge in [-0.1, -0.05) is 18.2 Å². The summed E-state index contributed by atoms with van der Waals surface area (Å²) in [7, 11) is 1.60. The van der Waals surface area contributed by atoms with E-state index in [0.717, 1.165) is 23.0 Å². The van der Waals surface area contributed by atoms with Crippen LogP contribution in [0.5, 0.6) is 5.75 Å². The molecule has 1 fully saturated rings. The molecule has 3 heterocycles. The van der Waals surface area contributed by atoms with Crippen LogP contribution in [0.4, 0.5) is 18.9 Å². The summed E-state index contributed by atoms with van der Waals surface area (Å²) in [5, 5.41) is 3.91. The van der Waals surface area contributed by atoms with E-state index in [1.807, 2.05) is 67.3 Å². The third-order valence-electron chi connectivity index (χ3n) is 6.69. The van der Waals surface area contributed by atoms with Crippen molar-refractivity contribution < 1.29 is 17.9 Å². The number of para-hydroxylation sites is 1. The Morgan fingerprint density at radius 2 is 1.68 bits per heavy atom. The van der Waals surface area contributed by atoms with Crippen molar-refractivity contribution in [1.82, 2.24) is 14.9 Å². The van der Waals surface area contributed by atoms with Gasteiger partial charge in [0.15, 0.2) is 5.11 Å². The van der Waals surface area contributed by atoms with Crippen molar-refractivity contribution >= 4 is 23.0 Å². The van der Waals surface area contributed by atoms with Crippen LogP contribution in [0.2, 0.25) is 0 Å². The lowest BCUT2D eigenvalue weighted by Crippen LogP contribution is -2.29. The molecular formula is C28H25F3N4OS. The second-order valence-electron chi connectivity index (χ2n) is 8.87. The Bertz CT molecular complexity index is 1430. The molecular weight excluding hydrogens is 497 g/mol. The van der Waals surface area contributed by atoms with Crippen LogP contribution in [-0.2, 0) is 6.18 Å². The number of alkyl halides is 3. The molecule has 5 nitrogen and oxygen atoms in total. The Balaban J connectivity index is 1.69. The van der Waals surface area contributed by atoms with Gasteiger partial charge in [0, 0.05) is 23.3 Å². The maximum Gasteiger partial charge on any atom is 0.418 e. The smallest absolute Gasteiger partial charge is 0.418 e. The number of halogens is 3. The Morgan fingerprint density at radius 3 is 2.32 bits per heavy atom. The van der Waals surface area contributed by atoms with Gasteiger partial charge >= 0.3 is 6.18 Å². The van der Waals surface area contributed by atoms with Crippen LogP contribution in [0, 0.1) is 13.8 Å². The largest absolute Gasteiger partial charge is 0.497 e. The molecule has 2 aromatic carbocycles. The van der Waals surface area contributed by atoms with E-state index < -0.39 is 11.7 Å². The van der Waals surface area contributed by atoms with Gasteiger partial charge in [0.2, 0.25) is 0 Å². The molecule has 0 aliphatic carbocycles. The number of hydrogen-bond donors (Lipinski definition) is 1. The van der Waals surface area contributed by atoms with Gasteiger partial charge < -0.3 is 19.5 Å². The molecule has 190 valence electrons. The SMILES string of the molecule is COc1ccc(N2C(=S)N[C@H](c3ccccn3)[C@@H]2c2cc(C)n(-c3ccccc3C(F)(F)F)c2C)cc1. The second kappa shape index (κ2) is 9.55. The fourth-order valence-electron chi connectivity index (χ4n) is 5.06. The summed E-state index contributed by atoms with van der Waals surface area (Å²) < 4.78 is 48.7. The summed E-state index contributed by atoms with van der Waals surface area (Å²) in [5.74, 6) is 0.710. The van der Waals surface area contributed by atoms with E-state index in [0.29, 0.717) is 22.2 Å². The van der Waals surface area contributed by atoms with E-state index in [1.54, 1.807) is 23.9 Å². The average molecular weight is 523 g/mol. The first kappa shape index (κ1) is 24.8. The van der Waals surface area contributed by atoms with Gasteiger partial charge in [-0.3, -0.25) is 4.98 Å². The van der Waals surface area contributed by atoms with Crippen LogP contribution in [0.1, 0.15) is 40.3 Å². The number of anilines is 1. The number of nitrogens with one attached hydrogen (secondary N) is 1. The zero-order valence-electron chi connectivity index (χ0n) is 20.5. The Morgan fingerprint density at radius 1 is 0.973 bits per heavy atom. The minimum atomic E-state index is -4.48. The maximum atomic E-state index is 13.9. The lowest BCUT2D eigenvalue weighted by Gasteiger charge is -2.28. The number of ether oxygens (including phenoxy) is 1. The number of methoxy groups -OCH3 is 1. The summed E-state index contributed by atoms with van der Waals surface area (Å²) in [6, 6.07) is 20.1. The van der Waals surface area contributed by atoms with Gasteiger partial charge in [-0.15, -0.1) is 0 Å². The van der Waals surface area contributed by atoms with Crippen molar-refractivity contribution in [3.05, 3.63) is 107 Å². The molecule has 2 aromatic heterocycles. The van der Waals surface area contributed by atoms with Crippen molar-refractivity contribution in [2.24, 2.45) is 0 Å². The topological polar surface area (TPSA) is 42.3 Å². The van der Waals surface area contributed by atoms with E-state index in [2.05, 4.69) is 10.3 Å². The first-order valence-electron chi connectivity index (χ1n) is 11.7. The van der Waals surface area contributed by atoms with Crippen LogP contribution in [0.3, 0.4) is 0 Å². The molecule has 1 N–H and O–H groups in total. The molecule has 0 unspecified atom stereocenters. The van der Waals surface area contributed by atoms with Crippen molar-refractivity contribution in [3.63, 3.8) is 0 Å². The number of nitrogens with zero attached hydrogens (tertiary/aromatic N) is 3. The summed E-state index contributed by atoms with van der Waals surface area (Å²) in [4.78, 5) is 6.56. The molecule has 0 amide bonds. The maximum absolute atomic E-state index is 13.9. The fourth-order valence-corrected chi connectivity index (χ4v) is 5.40. The normalized spacial score (nSPS) is 17.7. The highest BCUT2D eigenvalue weighted by Gasteiger charge is 2.43. The lowest BCUT2D eigenvalue weighted by molar-refractivity contribution is -0.137. The Kier molecular flexibility index (Phi) is 6.41. The standard InChI is InChI=1S/C28H25F3N4OS/c1-17-16-21(18(2)34(17)24-10-5-4-8-22(24)28(29,30)31)26-25(23-9-6-7-15-32-23)33-27(37)35(26)19-11-13-20(36-3)14-12-19/h4-16,25-26H,1-3H3,(H,33,37)/t25-,26+/m1/s1. The van der Waals surface area contributed by atoms with Gasteiger partial charge in [0.1, 0.15) is 5.75 Å². The number of rotatable bonds is 5. The van der Waals surface area contributed by atoms with Gasteiger partial charge in [0.25, 0.3) is 0 Å². The van der Waals surface area contributed by atoms with Gasteiger partial charge in [-0.25, -0.2) is 0 Å². The van der Waals surface area contributed by atoms with Crippen molar-refractivity contribution in [2.45, 2.75) is 32.1 Å². The fraction of sp³-hybridized carbons (Fsp3) is 0.214. The molecule has 0 radical (unpaired) electrons. The zero-order chi connectivity index (χ0) is 26.3. The molecule has 0 spiro atoms. The quantitative estimate of drug-likeness (QED) is 0.296. The lowest BCUT2D eigenvalue weighted by atomic mass is 9.96. The number of benzene rings is 2. The van der Waals surface area contributed by atoms with Crippen LogP contribution in [-0.4, -0.2) is 21.8 Å². The zero-order valence-corrected chi connectivity index (χ0v) is 21.3. The average Bonchev–Trinajstić information content (AvgIpc) is 3.39. The van der Waals surface area contributed by atoms with Crippen LogP contribution in [0.25, 0.3) is 5.69 Å². The summed E-state index contributed by atoms with van der Waals surface area (Å²) in [6.45, 7) is 3.66. The van der Waals surface area contributed by atoms with Crippen LogP contribution in [0.15, 0.2) is 79.0 Å². The number of aromatic nitrogens is 2. The summed E-state index contributed by atoms with van der Waals surface area (Å²) in [6.07, 6.45) is -2.77. The predicted octanol–water partition coefficient (Wildman–Crippen LogP) is 6.69. The molecule has 37 heavy (non-hydrogen) atoms. The summed E-state index contributed by atoms with van der Waals surface area (Å²) in [5.41, 5.74) is 3.27. The first-order valence-corrected chi connectivity index (χ1v) is 12.1. The molecule has 0 saturated carbocycles. The molecule has 1 aliphatic heterocycles. The van der Waals surface area contributed by atoms with Gasteiger partial charge in [-0.2, -0.15) is 13.2 Å². The Labute approximate surface area is 218 Å². The minimum absolute atomic E-state index is 0.0927. The van der Waals surface area contributed by atoms with Gasteiger partial charge in [0.05, 0.1) is 36.1 Å². The molecule has 9 heteroatoms. The van der Waals surface area contributed by atoms with E-state index >= 15 is 0 Å². The molecule has 4 aromatic rings. The molecule has 0 bridgehead atoms. The highest BCUT2D eigenvalue weighted by molar-refractivity contribution is 7.80. The monoisotopic (exact) mass is 522 g/mol. The number of pyridine rings is 1. The van der Waals surface area contributed by atoms with Gasteiger partial charge in [-0.05, 0) is 86.2 Å². The number of aryl methyl sites for hydroxylation is 1. The van der Waals surface area contributed by atoms with Crippen LogP contribution < -0.4 is 15.0 Å². The molecule has 1 saturated heterocycles. The van der Waals surface area contributed by atoms with E-state index in [-0.39, 0.29) is 17.8 Å². The number of hydrogen-bond acceptors (Lipinski definition) is 3. The van der Waals surface area contributed by atoms with E-state index in [9.17, 15) is 13.2 Å². The third kappa shape index (κ3) is 4.44. The first-order chi connectivity index (χ1) is 17.7.